The van der Waals surface area contributed by atoms with E-state index in [1.807, 2.05) is 0 Å². The maximum atomic E-state index is 10.7. The van der Waals surface area contributed by atoms with Crippen LogP contribution in [0, 0.1) is 0 Å². The molecule has 0 aromatic rings. The summed E-state index contributed by atoms with van der Waals surface area (Å²) in [6.07, 6.45) is 0. The van der Waals surface area contributed by atoms with E-state index in [0.717, 1.165) is 0 Å². The number of hydrogen-bond acceptors (Lipinski definition) is 2. The van der Waals surface area contributed by atoms with E-state index in [1.165, 1.54) is 0 Å². The van der Waals surface area contributed by atoms with Crippen LogP contribution in [0.15, 0.2) is 0 Å². The van der Waals surface area contributed by atoms with Gasteiger partial charge in [0.25, 0.3) is 0 Å². The molecule has 0 saturated carbocycles. The quantitative estimate of drug-likeness (QED) is 0.337. The molecule has 3 nitrogen and oxygen atoms in total. The molecule has 0 heterocycles. The predicted molar refractivity (Wildman–Crippen MR) is 18.7 cm³/mol. The molecule has 0 atom stereocenters. The molecule has 0 fully saturated rings. The molecule has 0 amide bonds. The van der Waals surface area contributed by atoms with Gasteiger partial charge >= 0.3 is 17.1 Å². The smallest absolute Gasteiger partial charge is 1.00 e. The first kappa shape index (κ1) is 11.7. The Kier molecular flexibility index (Phi) is 3.54. The summed E-state index contributed by atoms with van der Waals surface area (Å²) in [5, 5.41) is 0. The van der Waals surface area contributed by atoms with Crippen LogP contribution in [0.3, 0.4) is 0 Å². The van der Waals surface area contributed by atoms with Gasteiger partial charge in [-0.2, -0.15) is 21.6 Å². The van der Waals surface area contributed by atoms with Crippen molar-refractivity contribution in [2.24, 2.45) is 0 Å². The van der Waals surface area contributed by atoms with Crippen LogP contribution in [0.1, 0.15) is 1.43 Å². The molecule has 8 heteroatoms. The van der Waals surface area contributed by atoms with Gasteiger partial charge in [-0.25, -0.2) is 0 Å². The highest BCUT2D eigenvalue weighted by Crippen LogP contribution is 2.20. The van der Waals surface area contributed by atoms with Crippen molar-refractivity contribution in [3.8, 4) is 0 Å². The fourth-order valence-corrected chi connectivity index (χ4v) is 0. The zero-order valence-electron chi connectivity index (χ0n) is 4.68. The second-order valence-corrected chi connectivity index (χ2v) is 2.33. The molecule has 0 saturated heterocycles. The standard InChI is InChI=1S/CHF3O3S.ClH/c2-1(3,4)8(5,6)7;/h(H,5,6,7);1H. The Morgan fingerprint density at radius 3 is 1.44 bits per heavy atom. The van der Waals surface area contributed by atoms with Gasteiger partial charge in [0.15, 0.2) is 0 Å². The van der Waals surface area contributed by atoms with Crippen molar-refractivity contribution in [3.63, 3.8) is 0 Å². The van der Waals surface area contributed by atoms with Crippen molar-refractivity contribution in [2.45, 2.75) is 5.51 Å². The molecular formula is CH2ClF3O3S. The van der Waals surface area contributed by atoms with Gasteiger partial charge in [-0.05, 0) is 0 Å². The molecule has 0 unspecified atom stereocenters. The maximum absolute atomic E-state index is 10.7. The van der Waals surface area contributed by atoms with Crippen molar-refractivity contribution < 1.29 is 40.0 Å². The normalized spacial score (nSPS) is 12.4. The van der Waals surface area contributed by atoms with Gasteiger partial charge in [0.2, 0.25) is 0 Å². The van der Waals surface area contributed by atoms with Crippen LogP contribution in [0.2, 0.25) is 0 Å². The lowest BCUT2D eigenvalue weighted by atomic mass is 11.6. The third-order valence-corrected chi connectivity index (χ3v) is 0.877. The Morgan fingerprint density at radius 2 is 1.44 bits per heavy atom. The predicted octanol–water partition coefficient (Wildman–Crippen LogP) is -2.49. The van der Waals surface area contributed by atoms with Crippen molar-refractivity contribution in [1.29, 1.82) is 0 Å². The van der Waals surface area contributed by atoms with Crippen LogP contribution in [0.25, 0.3) is 0 Å². The summed E-state index contributed by atoms with van der Waals surface area (Å²) in [5.74, 6) is 0. The van der Waals surface area contributed by atoms with Crippen LogP contribution >= 0.6 is 0 Å². The molecular weight excluding hydrogens is 185 g/mol. The van der Waals surface area contributed by atoms with Crippen molar-refractivity contribution in [3.05, 3.63) is 0 Å². The highest BCUT2D eigenvalue weighted by Gasteiger charge is 2.44. The zero-order valence-corrected chi connectivity index (χ0v) is 5.26. The van der Waals surface area contributed by atoms with Crippen LogP contribution in [-0.4, -0.2) is 18.5 Å². The molecule has 0 aliphatic heterocycles. The van der Waals surface area contributed by atoms with Crippen LogP contribution in [-0.2, 0) is 10.1 Å². The van der Waals surface area contributed by atoms with E-state index in [-0.39, 0.29) is 13.8 Å². The Hall–Kier alpha value is -0.0100. The van der Waals surface area contributed by atoms with Gasteiger partial charge in [0.05, 0.1) is 0 Å². The average molecular weight is 187 g/mol. The molecule has 0 aromatic carbocycles. The van der Waals surface area contributed by atoms with Gasteiger partial charge < -0.3 is 12.4 Å². The second kappa shape index (κ2) is 2.72. The van der Waals surface area contributed by atoms with E-state index < -0.39 is 15.6 Å². The molecule has 0 radical (unpaired) electrons. The Balaban J connectivity index is -0.000000245. The Bertz CT molecular complexity index is 173. The fourth-order valence-electron chi connectivity index (χ4n) is 0. The summed E-state index contributed by atoms with van der Waals surface area (Å²) in [7, 11) is -5.84. The summed E-state index contributed by atoms with van der Waals surface area (Å²) in [5.41, 5.74) is -5.53. The van der Waals surface area contributed by atoms with Gasteiger partial charge in [0.1, 0.15) is 0 Å². The SMILES string of the molecule is O=S(=O)(O)C(F)(F)F.[Cl-].[H+]. The maximum Gasteiger partial charge on any atom is 1.00 e. The average Bonchev–Trinajstić information content (AvgIpc) is 1.25. The minimum Gasteiger partial charge on any atom is -1.00 e. The molecule has 0 aliphatic carbocycles. The summed E-state index contributed by atoms with van der Waals surface area (Å²) in [4.78, 5) is 0. The lowest BCUT2D eigenvalue weighted by molar-refractivity contribution is -0.0510. The molecule has 0 rings (SSSR count). The first-order valence-electron chi connectivity index (χ1n) is 1.29. The highest BCUT2D eigenvalue weighted by molar-refractivity contribution is 7.86. The summed E-state index contributed by atoms with van der Waals surface area (Å²) in [6.45, 7) is 0. The topological polar surface area (TPSA) is 54.4 Å². The highest BCUT2D eigenvalue weighted by atomic mass is 35.5. The largest absolute Gasteiger partial charge is 1.00 e. The zero-order chi connectivity index (χ0) is 7.00. The van der Waals surface area contributed by atoms with Gasteiger partial charge in [0, 0.05) is 0 Å². The van der Waals surface area contributed by atoms with Crippen LogP contribution < -0.4 is 12.4 Å². The second-order valence-electron chi connectivity index (χ2n) is 0.921. The molecule has 0 spiro atoms. The van der Waals surface area contributed by atoms with Crippen LogP contribution in [0.4, 0.5) is 13.2 Å². The van der Waals surface area contributed by atoms with E-state index in [4.69, 9.17) is 13.0 Å². The van der Waals surface area contributed by atoms with E-state index in [0.29, 0.717) is 0 Å². The monoisotopic (exact) mass is 186 g/mol. The Morgan fingerprint density at radius 1 is 1.33 bits per heavy atom. The summed E-state index contributed by atoms with van der Waals surface area (Å²) < 4.78 is 57.5. The Labute approximate surface area is 56.5 Å². The van der Waals surface area contributed by atoms with Crippen molar-refractivity contribution in [2.75, 3.05) is 0 Å². The number of halogens is 4. The lowest BCUT2D eigenvalue weighted by Gasteiger charge is -1.97. The molecule has 0 aliphatic rings. The lowest BCUT2D eigenvalue weighted by Crippen LogP contribution is -3.00. The number of alkyl halides is 3. The third kappa shape index (κ3) is 3.55. The minimum absolute atomic E-state index is 0. The fraction of sp³-hybridized carbons (Fsp3) is 1.00. The summed E-state index contributed by atoms with van der Waals surface area (Å²) >= 11 is 0. The molecule has 1 N–H and O–H groups in total. The van der Waals surface area contributed by atoms with Crippen molar-refractivity contribution >= 4 is 10.1 Å². The first-order chi connectivity index (χ1) is 3.25. The molecule has 58 valence electrons. The third-order valence-electron chi connectivity index (χ3n) is 0.292. The molecule has 9 heavy (non-hydrogen) atoms. The van der Waals surface area contributed by atoms with Crippen LogP contribution in [0.5, 0.6) is 0 Å². The molecule has 0 aromatic heterocycles. The van der Waals surface area contributed by atoms with E-state index in [2.05, 4.69) is 0 Å². The minimum atomic E-state index is -5.84. The van der Waals surface area contributed by atoms with Gasteiger partial charge in [-0.3, -0.25) is 4.55 Å². The first-order valence-corrected chi connectivity index (χ1v) is 2.73. The molecule has 0 bridgehead atoms. The van der Waals surface area contributed by atoms with Gasteiger partial charge in [-0.15, -0.1) is 0 Å². The van der Waals surface area contributed by atoms with E-state index in [9.17, 15) is 13.2 Å². The number of rotatable bonds is 0. The van der Waals surface area contributed by atoms with E-state index >= 15 is 0 Å². The summed E-state index contributed by atoms with van der Waals surface area (Å²) in [6, 6.07) is 0. The van der Waals surface area contributed by atoms with Gasteiger partial charge in [-0.1, -0.05) is 0 Å². The number of hydrogen-bond donors (Lipinski definition) is 1. The van der Waals surface area contributed by atoms with E-state index in [1.54, 1.807) is 0 Å². The van der Waals surface area contributed by atoms with Crippen molar-refractivity contribution in [1.82, 2.24) is 0 Å².